The van der Waals surface area contributed by atoms with Gasteiger partial charge >= 0.3 is 11.9 Å². The highest BCUT2D eigenvalue weighted by molar-refractivity contribution is 7.80. The molecule has 204 valence electrons. The number of anilines is 1. The van der Waals surface area contributed by atoms with Crippen LogP contribution in [0.1, 0.15) is 38.8 Å². The lowest BCUT2D eigenvalue weighted by atomic mass is 10.1. The summed E-state index contributed by atoms with van der Waals surface area (Å²) in [6, 6.07) is 14.8. The summed E-state index contributed by atoms with van der Waals surface area (Å²) in [4.78, 5) is 49.8. The van der Waals surface area contributed by atoms with Crippen LogP contribution in [0.5, 0.6) is 11.5 Å². The predicted octanol–water partition coefficient (Wildman–Crippen LogP) is 4.55. The lowest BCUT2D eigenvalue weighted by Crippen LogP contribution is -2.54. The van der Waals surface area contributed by atoms with Crippen LogP contribution in [0, 0.1) is 0 Å². The maximum Gasteiger partial charge on any atom is 0.335 e. The van der Waals surface area contributed by atoms with Crippen molar-refractivity contribution in [1.82, 2.24) is 5.32 Å². The summed E-state index contributed by atoms with van der Waals surface area (Å²) in [7, 11) is 0. The van der Waals surface area contributed by atoms with Crippen LogP contribution in [-0.4, -0.2) is 45.7 Å². The van der Waals surface area contributed by atoms with Crippen molar-refractivity contribution in [1.29, 1.82) is 0 Å². The number of benzene rings is 3. The fourth-order valence-electron chi connectivity index (χ4n) is 3.86. The molecule has 3 N–H and O–H groups in total. The number of nitrogens with zero attached hydrogens (tertiary/aromatic N) is 1. The Morgan fingerprint density at radius 1 is 1.00 bits per heavy atom. The first kappa shape index (κ1) is 28.3. The minimum Gasteiger partial charge on any atom is -0.490 e. The Kier molecular flexibility index (Phi) is 8.46. The summed E-state index contributed by atoms with van der Waals surface area (Å²) in [5.41, 5.74) is 0.889. The van der Waals surface area contributed by atoms with Crippen molar-refractivity contribution in [2.45, 2.75) is 13.5 Å². The third-order valence-corrected chi connectivity index (χ3v) is 6.22. The zero-order valence-electron chi connectivity index (χ0n) is 20.8. The zero-order chi connectivity index (χ0) is 29.0. The van der Waals surface area contributed by atoms with Gasteiger partial charge < -0.3 is 19.7 Å². The number of halogens is 1. The van der Waals surface area contributed by atoms with Crippen LogP contribution in [0.3, 0.4) is 0 Å². The molecule has 4 rings (SSSR count). The van der Waals surface area contributed by atoms with Gasteiger partial charge in [-0.05, 0) is 78.8 Å². The maximum atomic E-state index is 13.4. The van der Waals surface area contributed by atoms with E-state index in [1.54, 1.807) is 19.1 Å². The molecule has 1 saturated heterocycles. The number of rotatable bonds is 9. The molecule has 1 fully saturated rings. The minimum atomic E-state index is -1.19. The summed E-state index contributed by atoms with van der Waals surface area (Å²) in [5.74, 6) is -3.33. The van der Waals surface area contributed by atoms with Crippen molar-refractivity contribution < 1.29 is 38.9 Å². The SMILES string of the molecule is CCOc1cc(C=C2C(=O)NC(=S)N(c3cccc(C(=O)O)c3)C2=O)cc(Cl)c1OCc1cccc(C(=O)O)c1. The number of carbonyl (C=O) groups is 4. The average molecular weight is 581 g/mol. The molecular weight excluding hydrogens is 560 g/mol. The first-order valence-corrected chi connectivity index (χ1v) is 12.5. The molecule has 1 aliphatic heterocycles. The van der Waals surface area contributed by atoms with Crippen LogP contribution >= 0.6 is 23.8 Å². The number of hydrogen-bond donors (Lipinski definition) is 3. The molecule has 10 nitrogen and oxygen atoms in total. The molecule has 1 heterocycles. The number of ether oxygens (including phenoxy) is 2. The van der Waals surface area contributed by atoms with Crippen molar-refractivity contribution in [2.24, 2.45) is 0 Å². The highest BCUT2D eigenvalue weighted by Gasteiger charge is 2.35. The molecule has 40 heavy (non-hydrogen) atoms. The van der Waals surface area contributed by atoms with E-state index in [4.69, 9.17) is 33.3 Å². The summed E-state index contributed by atoms with van der Waals surface area (Å²) >= 11 is 11.7. The standard InChI is InChI=1S/C28H21ClN2O8S/c1-2-38-22-12-16(11-21(29)23(22)39-14-15-5-3-6-17(9-15)26(34)35)10-20-24(32)30-28(40)31(25(20)33)19-8-4-7-18(13-19)27(36)37/h3-13H,2,14H2,1H3,(H,34,35)(H,36,37)(H,30,32,40). The van der Waals surface area contributed by atoms with Gasteiger partial charge in [0.25, 0.3) is 11.8 Å². The quantitative estimate of drug-likeness (QED) is 0.189. The van der Waals surface area contributed by atoms with Crippen molar-refractivity contribution in [3.8, 4) is 11.5 Å². The Morgan fingerprint density at radius 3 is 2.35 bits per heavy atom. The third-order valence-electron chi connectivity index (χ3n) is 5.65. The van der Waals surface area contributed by atoms with Crippen molar-refractivity contribution in [3.63, 3.8) is 0 Å². The molecule has 12 heteroatoms. The molecule has 0 bridgehead atoms. The first-order valence-electron chi connectivity index (χ1n) is 11.7. The number of carbonyl (C=O) groups excluding carboxylic acids is 2. The highest BCUT2D eigenvalue weighted by Crippen LogP contribution is 2.38. The van der Waals surface area contributed by atoms with E-state index < -0.39 is 23.8 Å². The fourth-order valence-corrected chi connectivity index (χ4v) is 4.42. The van der Waals surface area contributed by atoms with E-state index in [1.807, 2.05) is 0 Å². The molecule has 3 aromatic carbocycles. The van der Waals surface area contributed by atoms with Crippen molar-refractivity contribution >= 4 is 64.4 Å². The summed E-state index contributed by atoms with van der Waals surface area (Å²) < 4.78 is 11.5. The fraction of sp³-hybridized carbons (Fsp3) is 0.107. The van der Waals surface area contributed by atoms with E-state index in [2.05, 4.69) is 5.32 Å². The smallest absolute Gasteiger partial charge is 0.335 e. The zero-order valence-corrected chi connectivity index (χ0v) is 22.4. The molecule has 0 aromatic heterocycles. The number of aromatic carboxylic acids is 2. The Bertz CT molecular complexity index is 1590. The van der Waals surface area contributed by atoms with Crippen LogP contribution in [0.2, 0.25) is 5.02 Å². The first-order chi connectivity index (χ1) is 19.1. The van der Waals surface area contributed by atoms with Crippen LogP contribution in [-0.2, 0) is 16.2 Å². The minimum absolute atomic E-state index is 0.00402. The van der Waals surface area contributed by atoms with E-state index >= 15 is 0 Å². The van der Waals surface area contributed by atoms with E-state index in [-0.39, 0.29) is 57.2 Å². The van der Waals surface area contributed by atoms with Gasteiger partial charge in [0.2, 0.25) is 0 Å². The van der Waals surface area contributed by atoms with Gasteiger partial charge in [0.05, 0.1) is 28.4 Å². The normalized spacial score (nSPS) is 14.2. The molecule has 2 amide bonds. The maximum absolute atomic E-state index is 13.4. The second-order valence-electron chi connectivity index (χ2n) is 8.37. The van der Waals surface area contributed by atoms with E-state index in [1.165, 1.54) is 54.6 Å². The molecule has 3 aromatic rings. The lowest BCUT2D eigenvalue weighted by molar-refractivity contribution is -0.122. The Balaban J connectivity index is 1.66. The topological polar surface area (TPSA) is 142 Å². The average Bonchev–Trinajstić information content (AvgIpc) is 2.91. The predicted molar refractivity (Wildman–Crippen MR) is 150 cm³/mol. The van der Waals surface area contributed by atoms with Crippen molar-refractivity contribution in [3.05, 3.63) is 93.5 Å². The molecule has 0 aliphatic carbocycles. The Hall–Kier alpha value is -4.74. The van der Waals surface area contributed by atoms with Gasteiger partial charge in [-0.15, -0.1) is 0 Å². The summed E-state index contributed by atoms with van der Waals surface area (Å²) in [6.45, 7) is 2.01. The molecule has 0 atom stereocenters. The van der Waals surface area contributed by atoms with Crippen molar-refractivity contribution in [2.75, 3.05) is 11.5 Å². The van der Waals surface area contributed by atoms with Gasteiger partial charge in [-0.2, -0.15) is 0 Å². The third kappa shape index (κ3) is 6.11. The number of carboxylic acids is 2. The number of hydrogen-bond acceptors (Lipinski definition) is 7. The van der Waals surface area contributed by atoms with E-state index in [0.717, 1.165) is 4.90 Å². The number of amides is 2. The number of nitrogens with one attached hydrogen (secondary N) is 1. The molecule has 0 saturated carbocycles. The molecular formula is C28H21ClN2O8S. The second kappa shape index (κ2) is 12.0. The van der Waals surface area contributed by atoms with Gasteiger partial charge in [0, 0.05) is 0 Å². The van der Waals surface area contributed by atoms with Crippen LogP contribution < -0.4 is 19.7 Å². The summed E-state index contributed by atoms with van der Waals surface area (Å²) in [5, 5.41) is 20.9. The van der Waals surface area contributed by atoms with Crippen LogP contribution in [0.15, 0.2) is 66.2 Å². The molecule has 0 spiro atoms. The van der Waals surface area contributed by atoms with Gasteiger partial charge in [0.1, 0.15) is 12.2 Å². The highest BCUT2D eigenvalue weighted by atomic mass is 35.5. The molecule has 0 unspecified atom stereocenters. The Labute approximate surface area is 238 Å². The monoisotopic (exact) mass is 580 g/mol. The van der Waals surface area contributed by atoms with Gasteiger partial charge in [-0.3, -0.25) is 19.8 Å². The lowest BCUT2D eigenvalue weighted by Gasteiger charge is -2.29. The van der Waals surface area contributed by atoms with E-state index in [9.17, 15) is 29.4 Å². The van der Waals surface area contributed by atoms with Gasteiger partial charge in [0.15, 0.2) is 16.6 Å². The number of thiocarbonyl (C=S) groups is 1. The second-order valence-corrected chi connectivity index (χ2v) is 9.16. The van der Waals surface area contributed by atoms with Gasteiger partial charge in [-0.25, -0.2) is 9.59 Å². The molecule has 1 aliphatic rings. The largest absolute Gasteiger partial charge is 0.490 e. The van der Waals surface area contributed by atoms with Crippen LogP contribution in [0.4, 0.5) is 5.69 Å². The van der Waals surface area contributed by atoms with Gasteiger partial charge in [-0.1, -0.05) is 29.8 Å². The summed E-state index contributed by atoms with van der Waals surface area (Å²) in [6.07, 6.45) is 1.31. The number of carboxylic acid groups (broad SMARTS) is 2. The van der Waals surface area contributed by atoms with E-state index in [0.29, 0.717) is 11.1 Å². The molecule has 0 radical (unpaired) electrons. The Morgan fingerprint density at radius 2 is 1.68 bits per heavy atom. The van der Waals surface area contributed by atoms with Crippen LogP contribution in [0.25, 0.3) is 6.08 Å².